The highest BCUT2D eigenvalue weighted by Crippen LogP contribution is 2.09. The molecule has 0 aromatic heterocycles. The van der Waals surface area contributed by atoms with Crippen molar-refractivity contribution in [2.45, 2.75) is 20.3 Å². The Morgan fingerprint density at radius 1 is 1.67 bits per heavy atom. The van der Waals surface area contributed by atoms with Gasteiger partial charge in [-0.15, -0.1) is 0 Å². The van der Waals surface area contributed by atoms with Crippen LogP contribution in [0, 0.1) is 17.2 Å². The van der Waals surface area contributed by atoms with Crippen LogP contribution < -0.4 is 0 Å². The van der Waals surface area contributed by atoms with Crippen LogP contribution in [0.5, 0.6) is 0 Å². The summed E-state index contributed by atoms with van der Waals surface area (Å²) in [7, 11) is 0. The molecule has 0 saturated heterocycles. The second kappa shape index (κ2) is 4.24. The quantitative estimate of drug-likeness (QED) is 0.451. The maximum atomic E-state index is 10.2. The summed E-state index contributed by atoms with van der Waals surface area (Å²) >= 11 is 0. The molecule has 1 unspecified atom stereocenters. The van der Waals surface area contributed by atoms with Crippen LogP contribution in [0.25, 0.3) is 0 Å². The first-order valence-corrected chi connectivity index (χ1v) is 3.22. The summed E-state index contributed by atoms with van der Waals surface area (Å²) in [6.45, 7) is 3.99. The van der Waals surface area contributed by atoms with E-state index in [9.17, 15) is 4.79 Å². The lowest BCUT2D eigenvalue weighted by molar-refractivity contribution is -0.110. The molecule has 0 aliphatic rings. The predicted octanol–water partition coefficient (Wildman–Crippen LogP) is 1.50. The zero-order valence-corrected chi connectivity index (χ0v) is 5.92. The zero-order chi connectivity index (χ0) is 7.28. The van der Waals surface area contributed by atoms with Gasteiger partial charge in [0.2, 0.25) is 0 Å². The van der Waals surface area contributed by atoms with Crippen molar-refractivity contribution in [2.75, 3.05) is 0 Å². The van der Waals surface area contributed by atoms with Gasteiger partial charge in [-0.3, -0.25) is 0 Å². The number of hydrogen-bond donors (Lipinski definition) is 1. The minimum absolute atomic E-state index is 0.171. The number of carbonyl (C=O) groups is 1. The third kappa shape index (κ3) is 2.40. The SMILES string of the molecule is CC[C@H](C)C(C=N)C=O. The average Bonchev–Trinajstić information content (AvgIpc) is 1.90. The van der Waals surface area contributed by atoms with Crippen LogP contribution in [0.15, 0.2) is 0 Å². The van der Waals surface area contributed by atoms with Gasteiger partial charge < -0.3 is 10.2 Å². The Kier molecular flexibility index (Phi) is 3.93. The number of hydrogen-bond acceptors (Lipinski definition) is 2. The standard InChI is InChI=1S/C7H13NO/c1-3-6(2)7(4-8)5-9/h4-8H,3H2,1-2H3/t6-,7?/m0/s1. The maximum absolute atomic E-state index is 10.2. The van der Waals surface area contributed by atoms with Gasteiger partial charge in [-0.1, -0.05) is 20.3 Å². The molecule has 52 valence electrons. The molecular formula is C7H13NO. The summed E-state index contributed by atoms with van der Waals surface area (Å²) in [6, 6.07) is 0. The van der Waals surface area contributed by atoms with Crippen molar-refractivity contribution in [3.63, 3.8) is 0 Å². The molecule has 0 rings (SSSR count). The lowest BCUT2D eigenvalue weighted by Crippen LogP contribution is -2.12. The zero-order valence-electron chi connectivity index (χ0n) is 5.92. The number of rotatable bonds is 4. The fraction of sp³-hybridized carbons (Fsp3) is 0.714. The normalized spacial score (nSPS) is 16.2. The van der Waals surface area contributed by atoms with Crippen molar-refractivity contribution in [3.05, 3.63) is 0 Å². The van der Waals surface area contributed by atoms with Gasteiger partial charge in [-0.05, 0) is 5.92 Å². The molecule has 2 nitrogen and oxygen atoms in total. The second-order valence-corrected chi connectivity index (χ2v) is 2.27. The van der Waals surface area contributed by atoms with Gasteiger partial charge in [0.15, 0.2) is 0 Å². The fourth-order valence-electron chi connectivity index (χ4n) is 0.610. The molecule has 0 spiro atoms. The predicted molar refractivity (Wildman–Crippen MR) is 37.8 cm³/mol. The fourth-order valence-corrected chi connectivity index (χ4v) is 0.610. The van der Waals surface area contributed by atoms with Crippen LogP contribution in [0.4, 0.5) is 0 Å². The molecule has 0 fully saturated rings. The molecule has 0 aromatic rings. The molecule has 0 aromatic carbocycles. The molecule has 0 radical (unpaired) electrons. The molecule has 1 N–H and O–H groups in total. The number of aldehydes is 1. The maximum Gasteiger partial charge on any atom is 0.128 e. The molecule has 0 aliphatic carbocycles. The monoisotopic (exact) mass is 127 g/mol. The van der Waals surface area contributed by atoms with E-state index in [1.807, 2.05) is 13.8 Å². The van der Waals surface area contributed by atoms with E-state index in [1.165, 1.54) is 6.21 Å². The van der Waals surface area contributed by atoms with Crippen molar-refractivity contribution in [2.24, 2.45) is 11.8 Å². The third-order valence-corrected chi connectivity index (χ3v) is 1.65. The first-order chi connectivity index (χ1) is 4.26. The van der Waals surface area contributed by atoms with Crippen LogP contribution in [0.2, 0.25) is 0 Å². The number of nitrogens with one attached hydrogen (secondary N) is 1. The van der Waals surface area contributed by atoms with Crippen LogP contribution in [0.1, 0.15) is 20.3 Å². The molecule has 2 heteroatoms. The summed E-state index contributed by atoms with van der Waals surface area (Å²) in [5, 5.41) is 6.84. The minimum atomic E-state index is -0.171. The van der Waals surface area contributed by atoms with Gasteiger partial charge in [0, 0.05) is 6.21 Å². The van der Waals surface area contributed by atoms with Crippen molar-refractivity contribution in [1.82, 2.24) is 0 Å². The Morgan fingerprint density at radius 2 is 2.22 bits per heavy atom. The molecule has 0 bridgehead atoms. The van der Waals surface area contributed by atoms with Crippen molar-refractivity contribution < 1.29 is 4.79 Å². The highest BCUT2D eigenvalue weighted by Gasteiger charge is 2.10. The Bertz CT molecular complexity index is 93.1. The molecule has 9 heavy (non-hydrogen) atoms. The lowest BCUT2D eigenvalue weighted by atomic mass is 9.94. The Morgan fingerprint density at radius 3 is 2.33 bits per heavy atom. The average molecular weight is 127 g/mol. The highest BCUT2D eigenvalue weighted by molar-refractivity contribution is 5.79. The van der Waals surface area contributed by atoms with E-state index < -0.39 is 0 Å². The first-order valence-electron chi connectivity index (χ1n) is 3.22. The summed E-state index contributed by atoms with van der Waals surface area (Å²) in [6.07, 6.45) is 3.00. The van der Waals surface area contributed by atoms with E-state index in [1.54, 1.807) is 0 Å². The second-order valence-electron chi connectivity index (χ2n) is 2.27. The molecule has 0 saturated carbocycles. The van der Waals surface area contributed by atoms with Gasteiger partial charge >= 0.3 is 0 Å². The van der Waals surface area contributed by atoms with Crippen LogP contribution >= 0.6 is 0 Å². The van der Waals surface area contributed by atoms with Gasteiger partial charge in [-0.2, -0.15) is 0 Å². The van der Waals surface area contributed by atoms with Crippen LogP contribution in [-0.2, 0) is 4.79 Å². The number of carbonyl (C=O) groups excluding carboxylic acids is 1. The minimum Gasteiger partial charge on any atom is -0.312 e. The van der Waals surface area contributed by atoms with Crippen LogP contribution in [-0.4, -0.2) is 12.5 Å². The van der Waals surface area contributed by atoms with E-state index in [0.29, 0.717) is 5.92 Å². The van der Waals surface area contributed by atoms with Gasteiger partial charge in [-0.25, -0.2) is 0 Å². The molecule has 0 amide bonds. The molecule has 2 atom stereocenters. The Balaban J connectivity index is 3.77. The van der Waals surface area contributed by atoms with Gasteiger partial charge in [0.1, 0.15) is 6.29 Å². The largest absolute Gasteiger partial charge is 0.312 e. The third-order valence-electron chi connectivity index (χ3n) is 1.65. The first kappa shape index (κ1) is 8.34. The lowest BCUT2D eigenvalue weighted by Gasteiger charge is -2.09. The van der Waals surface area contributed by atoms with E-state index in [0.717, 1.165) is 12.7 Å². The van der Waals surface area contributed by atoms with Gasteiger partial charge in [0.05, 0.1) is 5.92 Å². The van der Waals surface area contributed by atoms with E-state index in [2.05, 4.69) is 0 Å². The van der Waals surface area contributed by atoms with Crippen LogP contribution in [0.3, 0.4) is 0 Å². The molecule has 0 aliphatic heterocycles. The Hall–Kier alpha value is -0.660. The Labute approximate surface area is 55.8 Å². The summed E-state index contributed by atoms with van der Waals surface area (Å²) in [5.41, 5.74) is 0. The van der Waals surface area contributed by atoms with E-state index in [-0.39, 0.29) is 5.92 Å². The molecule has 0 heterocycles. The smallest absolute Gasteiger partial charge is 0.128 e. The summed E-state index contributed by atoms with van der Waals surface area (Å²) in [4.78, 5) is 10.2. The topological polar surface area (TPSA) is 40.9 Å². The summed E-state index contributed by atoms with van der Waals surface area (Å²) in [5.74, 6) is 0.148. The van der Waals surface area contributed by atoms with E-state index >= 15 is 0 Å². The molecular weight excluding hydrogens is 114 g/mol. The van der Waals surface area contributed by atoms with Gasteiger partial charge in [0.25, 0.3) is 0 Å². The van der Waals surface area contributed by atoms with E-state index in [4.69, 9.17) is 5.41 Å². The summed E-state index contributed by atoms with van der Waals surface area (Å²) < 4.78 is 0. The van der Waals surface area contributed by atoms with Crippen molar-refractivity contribution >= 4 is 12.5 Å². The van der Waals surface area contributed by atoms with Crippen molar-refractivity contribution in [3.8, 4) is 0 Å². The highest BCUT2D eigenvalue weighted by atomic mass is 16.1. The van der Waals surface area contributed by atoms with Crippen molar-refractivity contribution in [1.29, 1.82) is 5.41 Å².